The molecule has 1 aliphatic rings. The van der Waals surface area contributed by atoms with Gasteiger partial charge in [0.15, 0.2) is 0 Å². The molecular weight excluding hydrogens is 533 g/mol. The van der Waals surface area contributed by atoms with Gasteiger partial charge in [-0.3, -0.25) is 9.69 Å². The number of benzene rings is 3. The van der Waals surface area contributed by atoms with E-state index >= 15 is 0 Å². The first-order valence-electron chi connectivity index (χ1n) is 9.55. The summed E-state index contributed by atoms with van der Waals surface area (Å²) in [5, 5.41) is 0.683. The lowest BCUT2D eigenvalue weighted by Gasteiger charge is -2.14. The van der Waals surface area contributed by atoms with Crippen molar-refractivity contribution in [3.05, 3.63) is 104 Å². The van der Waals surface area contributed by atoms with Gasteiger partial charge in [0.2, 0.25) is 0 Å². The van der Waals surface area contributed by atoms with Crippen molar-refractivity contribution in [1.29, 1.82) is 0 Å². The van der Waals surface area contributed by atoms with Crippen molar-refractivity contribution in [1.82, 2.24) is 4.90 Å². The van der Waals surface area contributed by atoms with Gasteiger partial charge in [0, 0.05) is 5.02 Å². The van der Waals surface area contributed by atoms with E-state index in [2.05, 4.69) is 15.9 Å². The van der Waals surface area contributed by atoms with Crippen LogP contribution in [0.4, 0.5) is 4.39 Å². The highest BCUT2D eigenvalue weighted by molar-refractivity contribution is 9.10. The molecule has 4 rings (SSSR count). The monoisotopic (exact) mass is 547 g/mol. The molecule has 0 radical (unpaired) electrons. The van der Waals surface area contributed by atoms with Crippen molar-refractivity contribution in [2.75, 3.05) is 0 Å². The Morgan fingerprint density at radius 1 is 1.06 bits per heavy atom. The second-order valence-corrected chi connectivity index (χ2v) is 9.97. The Morgan fingerprint density at radius 3 is 2.44 bits per heavy atom. The Morgan fingerprint density at radius 2 is 1.75 bits per heavy atom. The van der Waals surface area contributed by atoms with E-state index in [1.54, 1.807) is 18.2 Å². The summed E-state index contributed by atoms with van der Waals surface area (Å²) in [6, 6.07) is 19.2. The van der Waals surface area contributed by atoms with Gasteiger partial charge in [-0.2, -0.15) is 0 Å². The number of thiocarbonyl (C=S) groups is 1. The van der Waals surface area contributed by atoms with Crippen LogP contribution < -0.4 is 4.74 Å². The topological polar surface area (TPSA) is 29.5 Å². The first-order valence-corrected chi connectivity index (χ1v) is 12.0. The Balaban J connectivity index is 1.44. The largest absolute Gasteiger partial charge is 0.488 e. The molecule has 0 saturated carbocycles. The van der Waals surface area contributed by atoms with Crippen LogP contribution in [0.2, 0.25) is 5.02 Å². The number of halogens is 3. The summed E-state index contributed by atoms with van der Waals surface area (Å²) in [4.78, 5) is 14.9. The zero-order valence-corrected chi connectivity index (χ0v) is 20.5. The van der Waals surface area contributed by atoms with E-state index in [1.165, 1.54) is 28.8 Å². The van der Waals surface area contributed by atoms with Gasteiger partial charge in [-0.1, -0.05) is 65.9 Å². The predicted octanol–water partition coefficient (Wildman–Crippen LogP) is 7.22. The van der Waals surface area contributed by atoms with E-state index in [-0.39, 0.29) is 11.7 Å². The van der Waals surface area contributed by atoms with Crippen molar-refractivity contribution in [3.8, 4) is 5.75 Å². The molecule has 3 nitrogen and oxygen atoms in total. The second kappa shape index (κ2) is 10.2. The minimum Gasteiger partial charge on any atom is -0.488 e. The molecule has 8 heteroatoms. The molecule has 0 spiro atoms. The minimum absolute atomic E-state index is 0.163. The van der Waals surface area contributed by atoms with Crippen LogP contribution >= 0.6 is 51.5 Å². The number of nitrogens with zero attached hydrogens (tertiary/aromatic N) is 1. The summed E-state index contributed by atoms with van der Waals surface area (Å²) in [7, 11) is 0. The molecule has 0 aromatic heterocycles. The average molecular weight is 549 g/mol. The zero-order chi connectivity index (χ0) is 22.7. The fraction of sp³-hybridized carbons (Fsp3) is 0.0833. The Kier molecular flexibility index (Phi) is 7.30. The van der Waals surface area contributed by atoms with Crippen molar-refractivity contribution in [3.63, 3.8) is 0 Å². The maximum absolute atomic E-state index is 13.1. The molecular formula is C24H16BrClFNO2S2. The molecule has 3 aromatic carbocycles. The third-order valence-electron chi connectivity index (χ3n) is 4.69. The number of rotatable bonds is 6. The predicted molar refractivity (Wildman–Crippen MR) is 135 cm³/mol. The van der Waals surface area contributed by atoms with Crippen LogP contribution in [-0.2, 0) is 17.9 Å². The van der Waals surface area contributed by atoms with E-state index in [9.17, 15) is 9.18 Å². The third kappa shape index (κ3) is 5.59. The van der Waals surface area contributed by atoms with Crippen LogP contribution in [0.15, 0.2) is 76.1 Å². The number of carbonyl (C=O) groups is 1. The minimum atomic E-state index is -0.315. The summed E-state index contributed by atoms with van der Waals surface area (Å²) < 4.78 is 20.3. The lowest BCUT2D eigenvalue weighted by molar-refractivity contribution is -0.122. The summed E-state index contributed by atoms with van der Waals surface area (Å²) >= 11 is 16.1. The molecule has 1 saturated heterocycles. The van der Waals surface area contributed by atoms with Crippen molar-refractivity contribution in [2.45, 2.75) is 13.2 Å². The van der Waals surface area contributed by atoms with Crippen molar-refractivity contribution < 1.29 is 13.9 Å². The van der Waals surface area contributed by atoms with Gasteiger partial charge >= 0.3 is 0 Å². The Labute approximate surface area is 208 Å². The zero-order valence-electron chi connectivity index (χ0n) is 16.6. The maximum Gasteiger partial charge on any atom is 0.266 e. The standard InChI is InChI=1S/C24H16BrClFNO2S2/c25-20-11-17(5-10-21(20)30-14-16-1-6-18(26)7-2-16)12-22-23(29)28(24(31)32-22)13-15-3-8-19(27)9-4-15/h1-12H,13-14H2. The summed E-state index contributed by atoms with van der Waals surface area (Å²) in [5.74, 6) is 0.217. The summed E-state index contributed by atoms with van der Waals surface area (Å²) in [6.07, 6.45) is 1.80. The van der Waals surface area contributed by atoms with Crippen LogP contribution in [0.3, 0.4) is 0 Å². The van der Waals surface area contributed by atoms with Crippen LogP contribution in [0, 0.1) is 5.82 Å². The van der Waals surface area contributed by atoms with Crippen molar-refractivity contribution in [2.24, 2.45) is 0 Å². The number of amides is 1. The SMILES string of the molecule is O=C1C(=Cc2ccc(OCc3ccc(Cl)cc3)c(Br)c2)SC(=S)N1Cc1ccc(F)cc1. The third-order valence-corrected chi connectivity index (χ3v) is 6.94. The Hall–Kier alpha value is -2.19. The lowest BCUT2D eigenvalue weighted by atomic mass is 10.2. The number of hydrogen-bond acceptors (Lipinski definition) is 4. The quantitative estimate of drug-likeness (QED) is 0.240. The lowest BCUT2D eigenvalue weighted by Crippen LogP contribution is -2.27. The van der Waals surface area contributed by atoms with Gasteiger partial charge in [0.05, 0.1) is 15.9 Å². The fourth-order valence-electron chi connectivity index (χ4n) is 3.03. The van der Waals surface area contributed by atoms with Gasteiger partial charge in [0.1, 0.15) is 22.5 Å². The molecule has 0 atom stereocenters. The van der Waals surface area contributed by atoms with Gasteiger partial charge in [-0.15, -0.1) is 0 Å². The van der Waals surface area contributed by atoms with Crippen molar-refractivity contribution >= 4 is 67.8 Å². The molecule has 1 amide bonds. The number of thioether (sulfide) groups is 1. The van der Waals surface area contributed by atoms with Crippen LogP contribution in [0.5, 0.6) is 5.75 Å². The highest BCUT2D eigenvalue weighted by atomic mass is 79.9. The van der Waals surface area contributed by atoms with E-state index in [4.69, 9.17) is 28.6 Å². The first-order chi connectivity index (χ1) is 15.4. The molecule has 0 unspecified atom stereocenters. The maximum atomic E-state index is 13.1. The normalized spacial score (nSPS) is 15.0. The molecule has 1 aliphatic heterocycles. The summed E-state index contributed by atoms with van der Waals surface area (Å²) in [5.41, 5.74) is 2.67. The highest BCUT2D eigenvalue weighted by Crippen LogP contribution is 2.35. The average Bonchev–Trinajstić information content (AvgIpc) is 3.03. The van der Waals surface area contributed by atoms with E-state index in [0.717, 1.165) is 21.2 Å². The van der Waals surface area contributed by atoms with Gasteiger partial charge in [0.25, 0.3) is 5.91 Å². The number of hydrogen-bond donors (Lipinski definition) is 0. The number of carbonyl (C=O) groups excluding carboxylic acids is 1. The molecule has 0 N–H and O–H groups in total. The van der Waals surface area contributed by atoms with Crippen LogP contribution in [0.1, 0.15) is 16.7 Å². The molecule has 0 aliphatic carbocycles. The van der Waals surface area contributed by atoms with E-state index in [0.29, 0.717) is 33.1 Å². The first kappa shape index (κ1) is 23.0. The molecule has 1 fully saturated rings. The van der Waals surface area contributed by atoms with Gasteiger partial charge in [-0.25, -0.2) is 4.39 Å². The molecule has 3 aromatic rings. The van der Waals surface area contributed by atoms with E-state index < -0.39 is 0 Å². The molecule has 162 valence electrons. The summed E-state index contributed by atoms with van der Waals surface area (Å²) in [6.45, 7) is 0.723. The van der Waals surface area contributed by atoms with Crippen LogP contribution in [-0.4, -0.2) is 15.1 Å². The number of ether oxygens (including phenoxy) is 1. The molecule has 1 heterocycles. The molecule has 32 heavy (non-hydrogen) atoms. The Bertz CT molecular complexity index is 1200. The van der Waals surface area contributed by atoms with E-state index in [1.807, 2.05) is 42.5 Å². The van der Waals surface area contributed by atoms with Gasteiger partial charge in [-0.05, 0) is 75.1 Å². The fourth-order valence-corrected chi connectivity index (χ4v) is 4.92. The second-order valence-electron chi connectivity index (χ2n) is 7.00. The van der Waals surface area contributed by atoms with Crippen LogP contribution in [0.25, 0.3) is 6.08 Å². The smallest absolute Gasteiger partial charge is 0.266 e. The van der Waals surface area contributed by atoms with Gasteiger partial charge < -0.3 is 4.74 Å². The molecule has 0 bridgehead atoms. The highest BCUT2D eigenvalue weighted by Gasteiger charge is 2.32.